The van der Waals surface area contributed by atoms with Crippen molar-refractivity contribution in [3.63, 3.8) is 0 Å². The van der Waals surface area contributed by atoms with Crippen LogP contribution >= 0.6 is 11.8 Å². The van der Waals surface area contributed by atoms with Gasteiger partial charge < -0.3 is 19.7 Å². The van der Waals surface area contributed by atoms with Crippen molar-refractivity contribution in [3.05, 3.63) is 24.3 Å². The monoisotopic (exact) mass is 391 g/mol. The summed E-state index contributed by atoms with van der Waals surface area (Å²) in [6, 6.07) is 7.42. The fourth-order valence-electron chi connectivity index (χ4n) is 2.83. The van der Waals surface area contributed by atoms with Crippen LogP contribution in [-0.4, -0.2) is 59.3 Å². The maximum Gasteiger partial charge on any atom is 0.234 e. The van der Waals surface area contributed by atoms with Crippen molar-refractivity contribution >= 4 is 29.3 Å². The molecule has 27 heavy (non-hydrogen) atoms. The Hall–Kier alpha value is -2.26. The molecule has 0 aliphatic carbocycles. The molecule has 9 heteroatoms. The highest BCUT2D eigenvalue weighted by atomic mass is 32.2. The average Bonchev–Trinajstić information content (AvgIpc) is 3.12. The lowest BCUT2D eigenvalue weighted by Gasteiger charge is -2.27. The molecule has 146 valence electrons. The fourth-order valence-corrected chi connectivity index (χ4v) is 3.63. The number of carbonyl (C=O) groups excluding carboxylic acids is 1. The van der Waals surface area contributed by atoms with Gasteiger partial charge >= 0.3 is 0 Å². The number of carbonyl (C=O) groups is 1. The number of nitrogens with one attached hydrogen (secondary N) is 1. The van der Waals surface area contributed by atoms with Gasteiger partial charge in [0.05, 0.1) is 31.3 Å². The third-order valence-corrected chi connectivity index (χ3v) is 5.07. The summed E-state index contributed by atoms with van der Waals surface area (Å²) in [6.45, 7) is 8.26. The van der Waals surface area contributed by atoms with Gasteiger partial charge in [0.2, 0.25) is 11.9 Å². The summed E-state index contributed by atoms with van der Waals surface area (Å²) in [5.41, 5.74) is 0.677. The second-order valence-corrected chi connectivity index (χ2v) is 6.83. The zero-order valence-electron chi connectivity index (χ0n) is 15.7. The minimum atomic E-state index is -0.106. The smallest absolute Gasteiger partial charge is 0.234 e. The maximum atomic E-state index is 12.4. The van der Waals surface area contributed by atoms with E-state index in [1.165, 1.54) is 11.8 Å². The van der Waals surface area contributed by atoms with Crippen LogP contribution in [0.2, 0.25) is 0 Å². The molecule has 0 atom stereocenters. The van der Waals surface area contributed by atoms with Gasteiger partial charge in [0.25, 0.3) is 0 Å². The summed E-state index contributed by atoms with van der Waals surface area (Å²) in [5, 5.41) is 12.2. The number of amides is 1. The largest absolute Gasteiger partial charge is 0.492 e. The first-order valence-corrected chi connectivity index (χ1v) is 10.1. The van der Waals surface area contributed by atoms with E-state index in [1.807, 2.05) is 35.8 Å². The fraction of sp³-hybridized carbons (Fsp3) is 0.500. The highest BCUT2D eigenvalue weighted by Crippen LogP contribution is 2.25. The Morgan fingerprint density at radius 2 is 2.04 bits per heavy atom. The molecule has 0 spiro atoms. The molecular weight excluding hydrogens is 366 g/mol. The molecular formula is C18H25N5O3S. The number of benzene rings is 1. The van der Waals surface area contributed by atoms with Gasteiger partial charge in [-0.15, -0.1) is 10.2 Å². The second-order valence-electron chi connectivity index (χ2n) is 5.89. The number of hydrogen-bond acceptors (Lipinski definition) is 7. The number of hydrogen-bond donors (Lipinski definition) is 1. The Morgan fingerprint density at radius 3 is 2.78 bits per heavy atom. The van der Waals surface area contributed by atoms with Crippen LogP contribution in [0.4, 0.5) is 11.6 Å². The van der Waals surface area contributed by atoms with Gasteiger partial charge in [-0.1, -0.05) is 23.9 Å². The predicted molar refractivity (Wildman–Crippen MR) is 106 cm³/mol. The van der Waals surface area contributed by atoms with Crippen molar-refractivity contribution < 1.29 is 14.3 Å². The van der Waals surface area contributed by atoms with Gasteiger partial charge in [0.15, 0.2) is 5.16 Å². The van der Waals surface area contributed by atoms with Gasteiger partial charge in [0, 0.05) is 19.6 Å². The van der Waals surface area contributed by atoms with Crippen molar-refractivity contribution in [2.24, 2.45) is 0 Å². The Labute approximate surface area is 163 Å². The standard InChI is InChI=1S/C18H25N5O3S/c1-3-23-17(22-9-11-25-12-10-22)20-21-18(23)27-13-16(24)19-14-7-5-6-8-15(14)26-4-2/h5-8H,3-4,9-13H2,1-2H3,(H,19,24). The van der Waals surface area contributed by atoms with Gasteiger partial charge in [-0.05, 0) is 26.0 Å². The Kier molecular flexibility index (Phi) is 6.94. The maximum absolute atomic E-state index is 12.4. The molecule has 1 aromatic carbocycles. The summed E-state index contributed by atoms with van der Waals surface area (Å²) >= 11 is 1.38. The lowest BCUT2D eigenvalue weighted by Crippen LogP contribution is -2.38. The molecule has 0 bridgehead atoms. The molecule has 1 aliphatic rings. The summed E-state index contributed by atoms with van der Waals surface area (Å²) in [6.07, 6.45) is 0. The molecule has 1 aliphatic heterocycles. The van der Waals surface area contributed by atoms with Gasteiger partial charge in [-0.2, -0.15) is 0 Å². The normalized spacial score (nSPS) is 14.2. The van der Waals surface area contributed by atoms with E-state index in [4.69, 9.17) is 9.47 Å². The number of para-hydroxylation sites is 2. The minimum Gasteiger partial charge on any atom is -0.492 e. The number of thioether (sulfide) groups is 1. The highest BCUT2D eigenvalue weighted by molar-refractivity contribution is 7.99. The van der Waals surface area contributed by atoms with E-state index >= 15 is 0 Å². The van der Waals surface area contributed by atoms with Crippen molar-refractivity contribution in [2.45, 2.75) is 25.5 Å². The first-order chi connectivity index (χ1) is 13.2. The summed E-state index contributed by atoms with van der Waals surface area (Å²) in [4.78, 5) is 14.5. The van der Waals surface area contributed by atoms with E-state index in [9.17, 15) is 4.79 Å². The molecule has 3 rings (SSSR count). The van der Waals surface area contributed by atoms with Crippen LogP contribution in [0.1, 0.15) is 13.8 Å². The molecule has 0 unspecified atom stereocenters. The molecule has 1 amide bonds. The van der Waals surface area contributed by atoms with E-state index in [0.717, 1.165) is 30.7 Å². The van der Waals surface area contributed by atoms with Gasteiger partial charge in [-0.3, -0.25) is 9.36 Å². The lowest BCUT2D eigenvalue weighted by atomic mass is 10.3. The van der Waals surface area contributed by atoms with Crippen LogP contribution in [0, 0.1) is 0 Å². The molecule has 0 saturated carbocycles. The first-order valence-electron chi connectivity index (χ1n) is 9.13. The number of rotatable bonds is 8. The Bertz CT molecular complexity index is 761. The number of ether oxygens (including phenoxy) is 2. The van der Waals surface area contributed by atoms with E-state index in [1.54, 1.807) is 0 Å². The number of nitrogens with zero attached hydrogens (tertiary/aromatic N) is 4. The summed E-state index contributed by atoms with van der Waals surface area (Å²) < 4.78 is 13.0. The SMILES string of the molecule is CCOc1ccccc1NC(=O)CSc1nnc(N2CCOCC2)n1CC. The molecule has 2 aromatic rings. The average molecular weight is 391 g/mol. The highest BCUT2D eigenvalue weighted by Gasteiger charge is 2.20. The molecule has 1 N–H and O–H groups in total. The van der Waals surface area contributed by atoms with E-state index in [2.05, 4.69) is 27.3 Å². The Balaban J connectivity index is 1.61. The van der Waals surface area contributed by atoms with Crippen molar-refractivity contribution in [1.82, 2.24) is 14.8 Å². The van der Waals surface area contributed by atoms with Crippen LogP contribution in [0.5, 0.6) is 5.75 Å². The van der Waals surface area contributed by atoms with Crippen molar-refractivity contribution in [3.8, 4) is 5.75 Å². The van der Waals surface area contributed by atoms with Crippen LogP contribution < -0.4 is 15.0 Å². The van der Waals surface area contributed by atoms with Crippen LogP contribution in [0.15, 0.2) is 29.4 Å². The molecule has 1 saturated heterocycles. The zero-order valence-corrected chi connectivity index (χ0v) is 16.5. The molecule has 0 radical (unpaired) electrons. The number of morpholine rings is 1. The number of anilines is 2. The van der Waals surface area contributed by atoms with E-state index < -0.39 is 0 Å². The van der Waals surface area contributed by atoms with Gasteiger partial charge in [0.1, 0.15) is 5.75 Å². The lowest BCUT2D eigenvalue weighted by molar-refractivity contribution is -0.113. The van der Waals surface area contributed by atoms with Crippen LogP contribution in [-0.2, 0) is 16.1 Å². The topological polar surface area (TPSA) is 81.5 Å². The quantitative estimate of drug-likeness (QED) is 0.691. The molecule has 1 fully saturated rings. The Morgan fingerprint density at radius 1 is 1.26 bits per heavy atom. The second kappa shape index (κ2) is 9.61. The summed E-state index contributed by atoms with van der Waals surface area (Å²) in [5.74, 6) is 1.66. The molecule has 8 nitrogen and oxygen atoms in total. The zero-order chi connectivity index (χ0) is 19.1. The van der Waals surface area contributed by atoms with E-state index in [-0.39, 0.29) is 11.7 Å². The van der Waals surface area contributed by atoms with Crippen molar-refractivity contribution in [1.29, 1.82) is 0 Å². The van der Waals surface area contributed by atoms with Crippen molar-refractivity contribution in [2.75, 3.05) is 48.9 Å². The predicted octanol–water partition coefficient (Wildman–Crippen LogP) is 2.26. The minimum absolute atomic E-state index is 0.106. The van der Waals surface area contributed by atoms with E-state index in [0.29, 0.717) is 31.3 Å². The molecule has 1 aromatic heterocycles. The first kappa shape index (κ1) is 19.5. The van der Waals surface area contributed by atoms with Crippen LogP contribution in [0.25, 0.3) is 0 Å². The van der Waals surface area contributed by atoms with Gasteiger partial charge in [-0.25, -0.2) is 0 Å². The third-order valence-electron chi connectivity index (χ3n) is 4.10. The van der Waals surface area contributed by atoms with Crippen LogP contribution in [0.3, 0.4) is 0 Å². The molecule has 2 heterocycles. The number of aromatic nitrogens is 3. The third kappa shape index (κ3) is 4.92. The summed E-state index contributed by atoms with van der Waals surface area (Å²) in [7, 11) is 0.